The zero-order chi connectivity index (χ0) is 23.8. The van der Waals surface area contributed by atoms with Gasteiger partial charge in [0.15, 0.2) is 5.82 Å². The Kier molecular flexibility index (Phi) is 6.57. The van der Waals surface area contributed by atoms with Gasteiger partial charge in [0.1, 0.15) is 22.9 Å². The van der Waals surface area contributed by atoms with Gasteiger partial charge in [-0.15, -0.1) is 0 Å². The van der Waals surface area contributed by atoms with Crippen LogP contribution in [-0.2, 0) is 17.5 Å². The second kappa shape index (κ2) is 9.26. The van der Waals surface area contributed by atoms with Gasteiger partial charge in [-0.1, -0.05) is 17.7 Å². The summed E-state index contributed by atoms with van der Waals surface area (Å²) >= 11 is 4.26. The number of nitrogens with zero attached hydrogens (tertiary/aromatic N) is 3. The highest BCUT2D eigenvalue weighted by atomic mass is 35.5. The van der Waals surface area contributed by atoms with Crippen LogP contribution < -0.4 is 14.4 Å². The molecule has 0 radical (unpaired) electrons. The molecular formula is C21H18ClF3N4O3S. The fraction of sp³-hybridized carbons (Fsp3) is 0.238. The van der Waals surface area contributed by atoms with E-state index in [9.17, 15) is 22.8 Å². The number of pyridine rings is 2. The summed E-state index contributed by atoms with van der Waals surface area (Å²) in [5.41, 5.74) is -1.40. The Morgan fingerprint density at radius 1 is 1.18 bits per heavy atom. The third-order valence-corrected chi connectivity index (χ3v) is 6.24. The molecule has 12 heteroatoms. The monoisotopic (exact) mass is 498 g/mol. The summed E-state index contributed by atoms with van der Waals surface area (Å²) in [4.78, 5) is 10.2. The van der Waals surface area contributed by atoms with Gasteiger partial charge < -0.3 is 19.3 Å². The first-order valence-electron chi connectivity index (χ1n) is 9.66. The maximum atomic E-state index is 13.7. The summed E-state index contributed by atoms with van der Waals surface area (Å²) < 4.78 is 61.5. The van der Waals surface area contributed by atoms with Gasteiger partial charge in [0.05, 0.1) is 29.5 Å². The lowest BCUT2D eigenvalue weighted by molar-refractivity contribution is -0.137. The number of benzene rings is 1. The lowest BCUT2D eigenvalue weighted by atomic mass is 10.0. The number of β-amino-alcohol motifs (C(OH)–C–C–N with tert-alkyl or cyclic N) is 1. The molecule has 3 heterocycles. The number of hydrogen-bond acceptors (Lipinski definition) is 7. The average molecular weight is 499 g/mol. The van der Waals surface area contributed by atoms with Gasteiger partial charge in [0.2, 0.25) is 0 Å². The number of aromatic nitrogens is 2. The standard InChI is InChI=1S/C21H18ClF3N4O3S/c1-32-13-5-7-16(22)14(9-13)20-15(21(23,24)25)6-8-17(26-20)28-33(31)19-4-2-3-18(27-19)29-10-12(30)11-29/h2-9,12,30H,10-11H2,1H3,(H,26,28). The molecule has 2 N–H and O–H groups in total. The Labute approximate surface area is 195 Å². The highest BCUT2D eigenvalue weighted by Gasteiger charge is 2.36. The summed E-state index contributed by atoms with van der Waals surface area (Å²) in [5, 5.41) is 9.67. The molecule has 1 unspecified atom stereocenters. The van der Waals surface area contributed by atoms with Crippen molar-refractivity contribution in [3.05, 3.63) is 59.1 Å². The molecule has 4 rings (SSSR count). The molecule has 1 fully saturated rings. The van der Waals surface area contributed by atoms with Gasteiger partial charge in [-0.25, -0.2) is 4.98 Å². The lowest BCUT2D eigenvalue weighted by Gasteiger charge is -2.36. The first-order valence-corrected chi connectivity index (χ1v) is 11.2. The number of halogens is 4. The van der Waals surface area contributed by atoms with Gasteiger partial charge in [-0.2, -0.15) is 22.9 Å². The molecule has 1 aromatic carbocycles. The van der Waals surface area contributed by atoms with Crippen LogP contribution in [0, 0.1) is 0 Å². The summed E-state index contributed by atoms with van der Waals surface area (Å²) in [7, 11) is 1.38. The van der Waals surface area contributed by atoms with E-state index in [0.29, 0.717) is 24.7 Å². The number of rotatable bonds is 6. The molecule has 7 nitrogen and oxygen atoms in total. The van der Waals surface area contributed by atoms with Gasteiger partial charge in [0, 0.05) is 24.7 Å². The van der Waals surface area contributed by atoms with Crippen molar-refractivity contribution in [1.29, 1.82) is 0 Å². The molecule has 2 aromatic heterocycles. The summed E-state index contributed by atoms with van der Waals surface area (Å²) in [6, 6.07) is 11.1. The lowest BCUT2D eigenvalue weighted by Crippen LogP contribution is -2.51. The topological polar surface area (TPSA) is 93.6 Å². The van der Waals surface area contributed by atoms with Crippen molar-refractivity contribution in [2.75, 3.05) is 29.8 Å². The molecule has 1 atom stereocenters. The van der Waals surface area contributed by atoms with Crippen LogP contribution in [0.3, 0.4) is 0 Å². The number of aliphatic hydroxyl groups is 1. The summed E-state index contributed by atoms with van der Waals surface area (Å²) in [5.74, 6) is 0.794. The second-order valence-corrected chi connectivity index (χ2v) is 8.77. The largest absolute Gasteiger partial charge is 0.587 e. The molecule has 1 aliphatic heterocycles. The molecule has 3 aromatic rings. The van der Waals surface area contributed by atoms with Gasteiger partial charge >= 0.3 is 6.18 Å². The van der Waals surface area contributed by atoms with Crippen molar-refractivity contribution in [3.8, 4) is 17.0 Å². The minimum absolute atomic E-state index is 0.0224. The van der Waals surface area contributed by atoms with E-state index in [1.807, 2.05) is 4.90 Å². The Bertz CT molecular complexity index is 1160. The molecule has 0 bridgehead atoms. The second-order valence-electron chi connectivity index (χ2n) is 7.20. The SMILES string of the molecule is COc1ccc(Cl)c(-c2nc(N[S+]([O-])c3cccc(N4CC(O)C4)n3)ccc2C(F)(F)F)c1. The maximum Gasteiger partial charge on any atom is 0.418 e. The first kappa shape index (κ1) is 23.4. The minimum Gasteiger partial charge on any atom is -0.587 e. The maximum absolute atomic E-state index is 13.7. The fourth-order valence-electron chi connectivity index (χ4n) is 3.24. The van der Waals surface area contributed by atoms with Crippen molar-refractivity contribution in [2.24, 2.45) is 0 Å². The highest BCUT2D eigenvalue weighted by molar-refractivity contribution is 7.92. The van der Waals surface area contributed by atoms with Crippen molar-refractivity contribution in [2.45, 2.75) is 17.3 Å². The molecule has 1 saturated heterocycles. The number of methoxy groups -OCH3 is 1. The van der Waals surface area contributed by atoms with Crippen molar-refractivity contribution < 1.29 is 27.6 Å². The van der Waals surface area contributed by atoms with E-state index in [0.717, 1.165) is 12.1 Å². The van der Waals surface area contributed by atoms with Gasteiger partial charge in [-0.3, -0.25) is 0 Å². The van der Waals surface area contributed by atoms with Crippen LogP contribution in [0.1, 0.15) is 5.56 Å². The smallest absolute Gasteiger partial charge is 0.418 e. The molecule has 1 aliphatic rings. The van der Waals surface area contributed by atoms with Crippen LogP contribution in [0.15, 0.2) is 53.6 Å². The zero-order valence-corrected chi connectivity index (χ0v) is 18.7. The van der Waals surface area contributed by atoms with Crippen LogP contribution in [0.4, 0.5) is 24.8 Å². The van der Waals surface area contributed by atoms with E-state index >= 15 is 0 Å². The van der Waals surface area contributed by atoms with E-state index < -0.39 is 34.9 Å². The first-order chi connectivity index (χ1) is 15.7. The van der Waals surface area contributed by atoms with Crippen LogP contribution in [-0.4, -0.2) is 45.9 Å². The molecule has 0 spiro atoms. The average Bonchev–Trinajstić information content (AvgIpc) is 2.76. The summed E-state index contributed by atoms with van der Waals surface area (Å²) in [6.07, 6.45) is -5.12. The number of anilines is 2. The number of nitrogens with one attached hydrogen (secondary N) is 1. The molecule has 0 amide bonds. The van der Waals surface area contributed by atoms with Crippen molar-refractivity contribution in [3.63, 3.8) is 0 Å². The van der Waals surface area contributed by atoms with E-state index in [2.05, 4.69) is 14.7 Å². The number of ether oxygens (including phenoxy) is 1. The predicted octanol–water partition coefficient (Wildman–Crippen LogP) is 4.14. The quantitative estimate of drug-likeness (QED) is 0.493. The summed E-state index contributed by atoms with van der Waals surface area (Å²) in [6.45, 7) is 0.837. The van der Waals surface area contributed by atoms with Crippen LogP contribution >= 0.6 is 11.6 Å². The molecule has 0 saturated carbocycles. The number of hydrogen-bond donors (Lipinski definition) is 2. The highest BCUT2D eigenvalue weighted by Crippen LogP contribution is 2.40. The van der Waals surface area contributed by atoms with Crippen LogP contribution in [0.2, 0.25) is 5.02 Å². The van der Waals surface area contributed by atoms with E-state index in [1.165, 1.54) is 31.4 Å². The minimum atomic E-state index is -4.69. The third kappa shape index (κ3) is 5.11. The van der Waals surface area contributed by atoms with Gasteiger partial charge in [0.25, 0.3) is 5.03 Å². The Hall–Kier alpha value is -2.73. The van der Waals surface area contributed by atoms with E-state index in [-0.39, 0.29) is 21.4 Å². The normalized spacial score (nSPS) is 15.2. The fourth-order valence-corrected chi connectivity index (χ4v) is 4.23. The Morgan fingerprint density at radius 2 is 1.94 bits per heavy atom. The number of alkyl halides is 3. The molecule has 0 aliphatic carbocycles. The van der Waals surface area contributed by atoms with E-state index in [1.54, 1.807) is 12.1 Å². The van der Waals surface area contributed by atoms with Crippen molar-refractivity contribution >= 4 is 34.6 Å². The predicted molar refractivity (Wildman–Crippen MR) is 119 cm³/mol. The Balaban J connectivity index is 1.66. The molecule has 33 heavy (non-hydrogen) atoms. The van der Waals surface area contributed by atoms with Crippen molar-refractivity contribution in [1.82, 2.24) is 9.97 Å². The molecular weight excluding hydrogens is 481 g/mol. The molecule has 174 valence electrons. The zero-order valence-electron chi connectivity index (χ0n) is 17.1. The number of aliphatic hydroxyl groups excluding tert-OH is 1. The van der Waals surface area contributed by atoms with Crippen LogP contribution in [0.25, 0.3) is 11.3 Å². The van der Waals surface area contributed by atoms with Gasteiger partial charge in [-0.05, 0) is 36.4 Å². The van der Waals surface area contributed by atoms with E-state index in [4.69, 9.17) is 16.3 Å². The Morgan fingerprint density at radius 3 is 2.61 bits per heavy atom. The van der Waals surface area contributed by atoms with Crippen LogP contribution in [0.5, 0.6) is 5.75 Å². The third-order valence-electron chi connectivity index (χ3n) is 4.91.